The molecule has 1 amide bonds. The molecule has 2 N–H and O–H groups in total. The van der Waals surface area contributed by atoms with Gasteiger partial charge in [0, 0.05) is 39.1 Å². The van der Waals surface area contributed by atoms with Crippen LogP contribution in [0.4, 0.5) is 13.2 Å². The lowest BCUT2D eigenvalue weighted by Crippen LogP contribution is -2.57. The summed E-state index contributed by atoms with van der Waals surface area (Å²) < 4.78 is 39.9. The van der Waals surface area contributed by atoms with E-state index >= 15 is 0 Å². The van der Waals surface area contributed by atoms with Crippen LogP contribution in [0.15, 0.2) is 24.3 Å². The fraction of sp³-hybridized carbons (Fsp3) is 0.632. The molecule has 26 heavy (non-hydrogen) atoms. The van der Waals surface area contributed by atoms with E-state index in [0.29, 0.717) is 38.5 Å². The van der Waals surface area contributed by atoms with Crippen molar-refractivity contribution >= 4 is 5.91 Å². The predicted molar refractivity (Wildman–Crippen MR) is 96.1 cm³/mol. The molecule has 4 nitrogen and oxygen atoms in total. The van der Waals surface area contributed by atoms with Crippen LogP contribution >= 0.6 is 0 Å². The molecule has 1 heterocycles. The minimum Gasteiger partial charge on any atom is -0.354 e. The van der Waals surface area contributed by atoms with Gasteiger partial charge in [-0.15, -0.1) is 0 Å². The third-order valence-electron chi connectivity index (χ3n) is 4.75. The Kier molecular flexibility index (Phi) is 7.46. The molecule has 1 aromatic rings. The van der Waals surface area contributed by atoms with Crippen molar-refractivity contribution in [2.75, 3.05) is 32.7 Å². The van der Waals surface area contributed by atoms with Gasteiger partial charge in [-0.05, 0) is 23.5 Å². The molecule has 1 fully saturated rings. The van der Waals surface area contributed by atoms with Gasteiger partial charge >= 0.3 is 6.18 Å². The molecular formula is C19H28F3N3O. The van der Waals surface area contributed by atoms with Gasteiger partial charge in [0.05, 0.1) is 0 Å². The van der Waals surface area contributed by atoms with E-state index < -0.39 is 18.8 Å². The normalized spacial score (nSPS) is 17.3. The first-order valence-corrected chi connectivity index (χ1v) is 9.14. The number of halogens is 3. The summed E-state index contributed by atoms with van der Waals surface area (Å²) in [5, 5.41) is 5.50. The number of nitrogens with one attached hydrogen (secondary N) is 2. The third-order valence-corrected chi connectivity index (χ3v) is 4.75. The summed E-state index contributed by atoms with van der Waals surface area (Å²) in [5.41, 5.74) is 2.24. The SMILES string of the molecule is CC(C)c1ccc(CCC(=O)NCC(N2CCNCC2)C(F)(F)F)cc1. The van der Waals surface area contributed by atoms with Gasteiger partial charge in [0.2, 0.25) is 5.91 Å². The van der Waals surface area contributed by atoms with Crippen molar-refractivity contribution in [3.05, 3.63) is 35.4 Å². The molecule has 1 aromatic carbocycles. The van der Waals surface area contributed by atoms with Crippen LogP contribution in [0.5, 0.6) is 0 Å². The van der Waals surface area contributed by atoms with Gasteiger partial charge in [0.25, 0.3) is 0 Å². The average molecular weight is 371 g/mol. The van der Waals surface area contributed by atoms with E-state index in [-0.39, 0.29) is 12.3 Å². The molecule has 7 heteroatoms. The summed E-state index contributed by atoms with van der Waals surface area (Å²) in [6, 6.07) is 6.38. The molecular weight excluding hydrogens is 343 g/mol. The summed E-state index contributed by atoms with van der Waals surface area (Å²) in [6.45, 7) is 5.56. The van der Waals surface area contributed by atoms with E-state index in [9.17, 15) is 18.0 Å². The van der Waals surface area contributed by atoms with Crippen molar-refractivity contribution in [1.29, 1.82) is 0 Å². The average Bonchev–Trinajstić information content (AvgIpc) is 2.60. The standard InChI is InChI=1S/C19H28F3N3O/c1-14(2)16-6-3-15(4-7-16)5-8-18(26)24-13-17(19(20,21)22)25-11-9-23-10-12-25/h3-4,6-7,14,17,23H,5,8-13H2,1-2H3,(H,24,26). The number of benzene rings is 1. The van der Waals surface area contributed by atoms with Crippen LogP contribution in [-0.4, -0.2) is 55.7 Å². The molecule has 1 unspecified atom stereocenters. The monoisotopic (exact) mass is 371 g/mol. The van der Waals surface area contributed by atoms with Crippen LogP contribution in [0, 0.1) is 0 Å². The first-order chi connectivity index (χ1) is 12.3. The van der Waals surface area contributed by atoms with Crippen molar-refractivity contribution in [2.45, 2.75) is 44.8 Å². The number of alkyl halides is 3. The van der Waals surface area contributed by atoms with E-state index in [2.05, 4.69) is 24.5 Å². The molecule has 1 atom stereocenters. The fourth-order valence-electron chi connectivity index (χ4n) is 3.07. The zero-order chi connectivity index (χ0) is 19.2. The zero-order valence-corrected chi connectivity index (χ0v) is 15.4. The molecule has 0 radical (unpaired) electrons. The van der Waals surface area contributed by atoms with E-state index in [0.717, 1.165) is 5.56 Å². The number of nitrogens with zero attached hydrogens (tertiary/aromatic N) is 1. The summed E-state index contributed by atoms with van der Waals surface area (Å²) in [4.78, 5) is 13.4. The Labute approximate surface area is 153 Å². The molecule has 0 aromatic heterocycles. The Morgan fingerprint density at radius 3 is 2.35 bits per heavy atom. The molecule has 1 aliphatic heterocycles. The third kappa shape index (κ3) is 6.29. The largest absolute Gasteiger partial charge is 0.405 e. The summed E-state index contributed by atoms with van der Waals surface area (Å²) in [5.74, 6) is 0.0963. The van der Waals surface area contributed by atoms with E-state index in [1.54, 1.807) is 0 Å². The number of aryl methyl sites for hydroxylation is 1. The highest BCUT2D eigenvalue weighted by molar-refractivity contribution is 5.76. The summed E-state index contributed by atoms with van der Waals surface area (Å²) in [7, 11) is 0. The summed E-state index contributed by atoms with van der Waals surface area (Å²) in [6.07, 6.45) is -3.64. The first-order valence-electron chi connectivity index (χ1n) is 9.14. The Morgan fingerprint density at radius 2 is 1.81 bits per heavy atom. The van der Waals surface area contributed by atoms with Crippen LogP contribution in [0.3, 0.4) is 0 Å². The highest BCUT2D eigenvalue weighted by Crippen LogP contribution is 2.24. The molecule has 1 aliphatic rings. The quantitative estimate of drug-likeness (QED) is 0.775. The van der Waals surface area contributed by atoms with Gasteiger partial charge in [0.15, 0.2) is 0 Å². The minimum atomic E-state index is -4.35. The first kappa shape index (κ1) is 20.7. The maximum Gasteiger partial charge on any atom is 0.405 e. The van der Waals surface area contributed by atoms with Crippen molar-refractivity contribution in [1.82, 2.24) is 15.5 Å². The molecule has 146 valence electrons. The van der Waals surface area contributed by atoms with Crippen LogP contribution in [0.2, 0.25) is 0 Å². The topological polar surface area (TPSA) is 44.4 Å². The smallest absolute Gasteiger partial charge is 0.354 e. The number of hydrogen-bond acceptors (Lipinski definition) is 3. The van der Waals surface area contributed by atoms with Gasteiger partial charge in [-0.2, -0.15) is 13.2 Å². The molecule has 0 spiro atoms. The Morgan fingerprint density at radius 1 is 1.19 bits per heavy atom. The van der Waals surface area contributed by atoms with Gasteiger partial charge < -0.3 is 10.6 Å². The lowest BCUT2D eigenvalue weighted by atomic mass is 10.0. The zero-order valence-electron chi connectivity index (χ0n) is 15.4. The Bertz CT molecular complexity index is 566. The van der Waals surface area contributed by atoms with E-state index in [1.165, 1.54) is 10.5 Å². The number of carbonyl (C=O) groups excluding carboxylic acids is 1. The van der Waals surface area contributed by atoms with E-state index in [4.69, 9.17) is 0 Å². The number of piperazine rings is 1. The molecule has 1 saturated heterocycles. The minimum absolute atomic E-state index is 0.188. The second kappa shape index (κ2) is 9.37. The van der Waals surface area contributed by atoms with E-state index in [1.807, 2.05) is 24.3 Å². The highest BCUT2D eigenvalue weighted by atomic mass is 19.4. The lowest BCUT2D eigenvalue weighted by Gasteiger charge is -2.35. The second-order valence-electron chi connectivity index (χ2n) is 7.04. The second-order valence-corrected chi connectivity index (χ2v) is 7.04. The molecule has 0 bridgehead atoms. The highest BCUT2D eigenvalue weighted by Gasteiger charge is 2.43. The maximum absolute atomic E-state index is 13.3. The van der Waals surface area contributed by atoms with Crippen molar-refractivity contribution in [2.24, 2.45) is 0 Å². The number of hydrogen-bond donors (Lipinski definition) is 2. The summed E-state index contributed by atoms with van der Waals surface area (Å²) >= 11 is 0. The fourth-order valence-corrected chi connectivity index (χ4v) is 3.07. The maximum atomic E-state index is 13.3. The number of rotatable bonds is 7. The van der Waals surface area contributed by atoms with Crippen molar-refractivity contribution < 1.29 is 18.0 Å². The molecule has 0 saturated carbocycles. The van der Waals surface area contributed by atoms with Crippen molar-refractivity contribution in [3.63, 3.8) is 0 Å². The molecule has 0 aliphatic carbocycles. The van der Waals surface area contributed by atoms with Crippen LogP contribution < -0.4 is 10.6 Å². The Balaban J connectivity index is 1.81. The van der Waals surface area contributed by atoms with Gasteiger partial charge in [-0.1, -0.05) is 38.1 Å². The molecule has 2 rings (SSSR count). The van der Waals surface area contributed by atoms with Crippen LogP contribution in [0.25, 0.3) is 0 Å². The Hall–Kier alpha value is -1.60. The van der Waals surface area contributed by atoms with Gasteiger partial charge in [0.1, 0.15) is 6.04 Å². The van der Waals surface area contributed by atoms with Crippen LogP contribution in [-0.2, 0) is 11.2 Å². The predicted octanol–water partition coefficient (Wildman–Crippen LogP) is 2.69. The lowest BCUT2D eigenvalue weighted by molar-refractivity contribution is -0.184. The number of carbonyl (C=O) groups is 1. The number of amides is 1. The van der Waals surface area contributed by atoms with Crippen LogP contribution in [0.1, 0.15) is 37.3 Å². The van der Waals surface area contributed by atoms with Crippen molar-refractivity contribution in [3.8, 4) is 0 Å². The van der Waals surface area contributed by atoms with Gasteiger partial charge in [-0.3, -0.25) is 9.69 Å². The van der Waals surface area contributed by atoms with Gasteiger partial charge in [-0.25, -0.2) is 0 Å².